The van der Waals surface area contributed by atoms with E-state index >= 15 is 0 Å². The maximum Gasteiger partial charge on any atom is 0.0724 e. The predicted molar refractivity (Wildman–Crippen MR) is 85.1 cm³/mol. The van der Waals surface area contributed by atoms with Gasteiger partial charge in [0.2, 0.25) is 0 Å². The molecule has 4 rings (SSSR count). The number of hydrogen-bond donors (Lipinski definition) is 3. The highest BCUT2D eigenvalue weighted by Gasteiger charge is 2.61. The van der Waals surface area contributed by atoms with Gasteiger partial charge in [0, 0.05) is 0 Å². The summed E-state index contributed by atoms with van der Waals surface area (Å²) in [6.45, 7) is 4.61. The van der Waals surface area contributed by atoms with Gasteiger partial charge in [0.05, 0.1) is 18.3 Å². The van der Waals surface area contributed by atoms with Gasteiger partial charge in [-0.25, -0.2) is 0 Å². The third kappa shape index (κ3) is 1.85. The molecule has 0 radical (unpaired) electrons. The Bertz CT molecular complexity index is 501. The van der Waals surface area contributed by atoms with E-state index in [4.69, 9.17) is 0 Å². The molecular weight excluding hydrogens is 276 g/mol. The van der Waals surface area contributed by atoms with Gasteiger partial charge in [0.15, 0.2) is 0 Å². The van der Waals surface area contributed by atoms with Gasteiger partial charge in [-0.15, -0.1) is 0 Å². The molecule has 124 valence electrons. The molecule has 3 saturated carbocycles. The molecule has 0 aromatic carbocycles. The van der Waals surface area contributed by atoms with E-state index in [1.54, 1.807) is 0 Å². The molecular formula is C19H30O3. The van der Waals surface area contributed by atoms with Gasteiger partial charge >= 0.3 is 0 Å². The molecule has 4 aliphatic rings. The number of hydrogen-bond acceptors (Lipinski definition) is 3. The summed E-state index contributed by atoms with van der Waals surface area (Å²) < 4.78 is 0. The molecule has 3 unspecified atom stereocenters. The zero-order valence-electron chi connectivity index (χ0n) is 13.8. The highest BCUT2D eigenvalue weighted by Crippen LogP contribution is 2.65. The van der Waals surface area contributed by atoms with Crippen LogP contribution in [0.25, 0.3) is 0 Å². The third-order valence-corrected chi connectivity index (χ3v) is 8.06. The van der Waals surface area contributed by atoms with E-state index in [-0.39, 0.29) is 29.1 Å². The van der Waals surface area contributed by atoms with Gasteiger partial charge in [-0.1, -0.05) is 25.5 Å². The summed E-state index contributed by atoms with van der Waals surface area (Å²) in [4.78, 5) is 0. The van der Waals surface area contributed by atoms with Crippen molar-refractivity contribution in [1.29, 1.82) is 0 Å². The molecule has 0 spiro atoms. The number of aliphatic hydroxyl groups is 3. The Kier molecular flexibility index (Phi) is 3.32. The second-order valence-corrected chi connectivity index (χ2v) is 8.91. The molecule has 8 atom stereocenters. The van der Waals surface area contributed by atoms with Crippen LogP contribution in [0, 0.1) is 28.6 Å². The van der Waals surface area contributed by atoms with Crippen molar-refractivity contribution in [1.82, 2.24) is 0 Å². The molecule has 0 saturated heterocycles. The maximum atomic E-state index is 10.9. The van der Waals surface area contributed by atoms with Crippen molar-refractivity contribution in [3.05, 3.63) is 11.6 Å². The lowest BCUT2D eigenvalue weighted by Gasteiger charge is -2.59. The van der Waals surface area contributed by atoms with Gasteiger partial charge in [0.1, 0.15) is 0 Å². The number of rotatable bonds is 0. The molecule has 0 aliphatic heterocycles. The van der Waals surface area contributed by atoms with Gasteiger partial charge in [-0.05, 0) is 73.5 Å². The standard InChI is InChI=1S/C19H30O3/c1-18-7-5-12(20)9-11(18)10-15(21)17-13-3-4-16(22)19(13,2)8-6-14(17)18/h9,12-17,20-22H,3-8,10H2,1-2H3/t12?,13-,14+,15?,16?,17-,18-,19-/m0/s1. The normalized spacial score (nSPS) is 57.6. The van der Waals surface area contributed by atoms with Gasteiger partial charge in [-0.2, -0.15) is 0 Å². The monoisotopic (exact) mass is 306 g/mol. The zero-order valence-corrected chi connectivity index (χ0v) is 13.8. The largest absolute Gasteiger partial charge is 0.393 e. The van der Waals surface area contributed by atoms with Crippen LogP contribution in [0.4, 0.5) is 0 Å². The molecule has 0 amide bonds. The van der Waals surface area contributed by atoms with Gasteiger partial charge in [-0.3, -0.25) is 0 Å². The van der Waals surface area contributed by atoms with Crippen molar-refractivity contribution >= 4 is 0 Å². The van der Waals surface area contributed by atoms with Crippen molar-refractivity contribution < 1.29 is 15.3 Å². The summed E-state index contributed by atoms with van der Waals surface area (Å²) in [6.07, 6.45) is 7.97. The minimum atomic E-state index is -0.325. The Hall–Kier alpha value is -0.380. The molecule has 4 aliphatic carbocycles. The molecule has 22 heavy (non-hydrogen) atoms. The van der Waals surface area contributed by atoms with Crippen LogP contribution in [0.1, 0.15) is 58.8 Å². The van der Waals surface area contributed by atoms with E-state index in [1.807, 2.05) is 6.08 Å². The van der Waals surface area contributed by atoms with Crippen LogP contribution in [0.2, 0.25) is 0 Å². The van der Waals surface area contributed by atoms with Crippen molar-refractivity contribution in [3.63, 3.8) is 0 Å². The van der Waals surface area contributed by atoms with E-state index < -0.39 is 0 Å². The topological polar surface area (TPSA) is 60.7 Å². The third-order valence-electron chi connectivity index (χ3n) is 8.06. The van der Waals surface area contributed by atoms with Crippen LogP contribution in [0.5, 0.6) is 0 Å². The summed E-state index contributed by atoms with van der Waals surface area (Å²) in [7, 11) is 0. The summed E-state index contributed by atoms with van der Waals surface area (Å²) in [5.74, 6) is 1.30. The highest BCUT2D eigenvalue weighted by atomic mass is 16.3. The molecule has 3 heteroatoms. The summed E-state index contributed by atoms with van der Waals surface area (Å²) in [5.41, 5.74) is 1.45. The van der Waals surface area contributed by atoms with Crippen molar-refractivity contribution in [2.75, 3.05) is 0 Å². The number of aliphatic hydroxyl groups excluding tert-OH is 3. The summed E-state index contributed by atoms with van der Waals surface area (Å²) >= 11 is 0. The zero-order chi connectivity index (χ0) is 15.7. The highest BCUT2D eigenvalue weighted by molar-refractivity contribution is 5.27. The van der Waals surface area contributed by atoms with E-state index in [1.165, 1.54) is 5.57 Å². The second kappa shape index (κ2) is 4.81. The second-order valence-electron chi connectivity index (χ2n) is 8.91. The summed E-state index contributed by atoms with van der Waals surface area (Å²) in [6, 6.07) is 0. The smallest absolute Gasteiger partial charge is 0.0724 e. The molecule has 0 aromatic rings. The Morgan fingerprint density at radius 3 is 2.50 bits per heavy atom. The molecule has 3 nitrogen and oxygen atoms in total. The van der Waals surface area contributed by atoms with E-state index in [2.05, 4.69) is 13.8 Å². The Labute approximate surface area is 133 Å². The fraction of sp³-hybridized carbons (Fsp3) is 0.895. The van der Waals surface area contributed by atoms with Crippen molar-refractivity contribution in [3.8, 4) is 0 Å². The van der Waals surface area contributed by atoms with Crippen LogP contribution in [0.3, 0.4) is 0 Å². The average Bonchev–Trinajstić information content (AvgIpc) is 2.77. The lowest BCUT2D eigenvalue weighted by atomic mass is 9.46. The molecule has 0 aromatic heterocycles. The van der Waals surface area contributed by atoms with E-state index in [0.29, 0.717) is 17.8 Å². The molecule has 0 bridgehead atoms. The first kappa shape index (κ1) is 15.2. The molecule has 3 fully saturated rings. The van der Waals surface area contributed by atoms with Gasteiger partial charge < -0.3 is 15.3 Å². The number of fused-ring (bicyclic) bond motifs is 5. The van der Waals surface area contributed by atoms with Gasteiger partial charge in [0.25, 0.3) is 0 Å². The van der Waals surface area contributed by atoms with Crippen LogP contribution in [0.15, 0.2) is 11.6 Å². The Morgan fingerprint density at radius 1 is 0.955 bits per heavy atom. The van der Waals surface area contributed by atoms with E-state index in [9.17, 15) is 15.3 Å². The quantitative estimate of drug-likeness (QED) is 0.603. The SMILES string of the molecule is C[C@]12CCC(O)C=C1CC(O)[C@@H]1[C@H]2CC[C@]2(C)C(O)CC[C@@H]12. The minimum absolute atomic E-state index is 0.00784. The average molecular weight is 306 g/mol. The Balaban J connectivity index is 1.72. The maximum absolute atomic E-state index is 10.9. The minimum Gasteiger partial charge on any atom is -0.393 e. The fourth-order valence-corrected chi connectivity index (χ4v) is 6.65. The fourth-order valence-electron chi connectivity index (χ4n) is 6.65. The van der Waals surface area contributed by atoms with Crippen LogP contribution in [-0.2, 0) is 0 Å². The first-order valence-electron chi connectivity index (χ1n) is 9.11. The van der Waals surface area contributed by atoms with Crippen LogP contribution < -0.4 is 0 Å². The van der Waals surface area contributed by atoms with Crippen molar-refractivity contribution in [2.24, 2.45) is 28.6 Å². The van der Waals surface area contributed by atoms with Crippen LogP contribution >= 0.6 is 0 Å². The van der Waals surface area contributed by atoms with Crippen LogP contribution in [-0.4, -0.2) is 33.6 Å². The first-order valence-corrected chi connectivity index (χ1v) is 9.11. The first-order chi connectivity index (χ1) is 10.4. The molecule has 3 N–H and O–H groups in total. The summed E-state index contributed by atoms with van der Waals surface area (Å²) in [5, 5.41) is 31.3. The lowest BCUT2D eigenvalue weighted by molar-refractivity contribution is -0.121. The predicted octanol–water partition coefficient (Wildman–Crippen LogP) is 2.64. The molecule has 0 heterocycles. The van der Waals surface area contributed by atoms with E-state index in [0.717, 1.165) is 44.9 Å². The van der Waals surface area contributed by atoms with Crippen molar-refractivity contribution in [2.45, 2.75) is 77.1 Å². The lowest BCUT2D eigenvalue weighted by Crippen LogP contribution is -2.56. The Morgan fingerprint density at radius 2 is 1.73 bits per heavy atom.